The van der Waals surface area contributed by atoms with Crippen LogP contribution >= 0.6 is 0 Å². The zero-order valence-electron chi connectivity index (χ0n) is 10.2. The number of fused-ring (bicyclic) bond motifs is 3. The van der Waals surface area contributed by atoms with E-state index in [1.165, 1.54) is 5.69 Å². The first-order valence-electron chi connectivity index (χ1n) is 6.21. The third-order valence-electron chi connectivity index (χ3n) is 3.69. The Hall–Kier alpha value is -1.42. The average molecular weight is 233 g/mol. The Morgan fingerprint density at radius 1 is 1.35 bits per heavy atom. The predicted octanol–water partition coefficient (Wildman–Crippen LogP) is 1.17. The number of nitrogen functional groups attached to an aromatic ring is 1. The molecule has 4 heteroatoms. The van der Waals surface area contributed by atoms with Crippen molar-refractivity contribution >= 4 is 11.4 Å². The fourth-order valence-electron chi connectivity index (χ4n) is 2.76. The lowest BCUT2D eigenvalue weighted by atomic mass is 10.1. The Labute approximate surface area is 102 Å². The lowest BCUT2D eigenvalue weighted by Gasteiger charge is -2.40. The third-order valence-corrected chi connectivity index (χ3v) is 3.69. The van der Waals surface area contributed by atoms with Gasteiger partial charge in [-0.2, -0.15) is 0 Å². The highest BCUT2D eigenvalue weighted by atomic mass is 16.5. The van der Waals surface area contributed by atoms with Crippen LogP contribution in [0, 0.1) is 0 Å². The molecule has 2 heterocycles. The van der Waals surface area contributed by atoms with Crippen molar-refractivity contribution in [2.24, 2.45) is 0 Å². The number of likely N-dealkylation sites (N-methyl/N-ethyl adjacent to an activating group) is 1. The maximum absolute atomic E-state index is 5.82. The quantitative estimate of drug-likeness (QED) is 0.683. The minimum atomic E-state index is 0.568. The summed E-state index contributed by atoms with van der Waals surface area (Å²) < 4.78 is 5.82. The third kappa shape index (κ3) is 1.93. The number of rotatable bonds is 0. The Morgan fingerprint density at radius 3 is 3.12 bits per heavy atom. The van der Waals surface area contributed by atoms with Gasteiger partial charge in [-0.25, -0.2) is 0 Å². The topological polar surface area (TPSA) is 41.7 Å². The summed E-state index contributed by atoms with van der Waals surface area (Å²) in [7, 11) is 2.19. The Balaban J connectivity index is 1.96. The molecule has 3 rings (SSSR count). The number of nitrogens with zero attached hydrogens (tertiary/aromatic N) is 2. The number of anilines is 2. The Bertz CT molecular complexity index is 421. The molecule has 0 aliphatic carbocycles. The van der Waals surface area contributed by atoms with Crippen LogP contribution in [0.2, 0.25) is 0 Å². The minimum absolute atomic E-state index is 0.568. The van der Waals surface area contributed by atoms with Crippen LogP contribution in [0.25, 0.3) is 0 Å². The van der Waals surface area contributed by atoms with Crippen molar-refractivity contribution in [2.45, 2.75) is 12.5 Å². The van der Waals surface area contributed by atoms with Gasteiger partial charge in [0, 0.05) is 43.9 Å². The van der Waals surface area contributed by atoms with Gasteiger partial charge in [0.05, 0.1) is 12.3 Å². The fraction of sp³-hybridized carbons (Fsp3) is 0.538. The first-order chi connectivity index (χ1) is 8.24. The normalized spacial score (nSPS) is 24.5. The van der Waals surface area contributed by atoms with Crippen molar-refractivity contribution < 1.29 is 4.74 Å². The van der Waals surface area contributed by atoms with Gasteiger partial charge in [0.1, 0.15) is 5.75 Å². The summed E-state index contributed by atoms with van der Waals surface area (Å²) in [5.74, 6) is 0.942. The number of benzene rings is 1. The lowest BCUT2D eigenvalue weighted by Crippen LogP contribution is -2.51. The summed E-state index contributed by atoms with van der Waals surface area (Å²) in [6, 6.07) is 6.56. The number of nitrogens with two attached hydrogens (primary N) is 1. The largest absolute Gasteiger partial charge is 0.491 e. The molecule has 0 amide bonds. The van der Waals surface area contributed by atoms with Crippen molar-refractivity contribution in [3.63, 3.8) is 0 Å². The van der Waals surface area contributed by atoms with Gasteiger partial charge in [-0.1, -0.05) is 0 Å². The van der Waals surface area contributed by atoms with E-state index in [0.717, 1.165) is 44.1 Å². The summed E-state index contributed by atoms with van der Waals surface area (Å²) in [5.41, 5.74) is 7.79. The Kier molecular flexibility index (Phi) is 2.59. The van der Waals surface area contributed by atoms with Crippen LogP contribution in [0.5, 0.6) is 5.75 Å². The molecule has 4 nitrogen and oxygen atoms in total. The van der Waals surface area contributed by atoms with E-state index in [1.807, 2.05) is 12.1 Å². The van der Waals surface area contributed by atoms with E-state index in [9.17, 15) is 0 Å². The molecule has 2 aliphatic rings. The van der Waals surface area contributed by atoms with Crippen LogP contribution in [0.3, 0.4) is 0 Å². The van der Waals surface area contributed by atoms with Gasteiger partial charge in [-0.05, 0) is 19.2 Å². The molecule has 1 unspecified atom stereocenters. The van der Waals surface area contributed by atoms with Gasteiger partial charge >= 0.3 is 0 Å². The summed E-state index contributed by atoms with van der Waals surface area (Å²) >= 11 is 0. The van der Waals surface area contributed by atoms with E-state index in [0.29, 0.717) is 6.04 Å². The van der Waals surface area contributed by atoms with E-state index in [1.54, 1.807) is 0 Å². The minimum Gasteiger partial charge on any atom is -0.491 e. The summed E-state index contributed by atoms with van der Waals surface area (Å²) in [6.07, 6.45) is 1.08. The van der Waals surface area contributed by atoms with Crippen LogP contribution in [0.1, 0.15) is 6.42 Å². The molecular weight excluding hydrogens is 214 g/mol. The van der Waals surface area contributed by atoms with Gasteiger partial charge < -0.3 is 20.3 Å². The van der Waals surface area contributed by atoms with E-state index in [4.69, 9.17) is 10.5 Å². The van der Waals surface area contributed by atoms with E-state index in [2.05, 4.69) is 22.9 Å². The van der Waals surface area contributed by atoms with Crippen molar-refractivity contribution in [1.82, 2.24) is 4.90 Å². The van der Waals surface area contributed by atoms with E-state index < -0.39 is 0 Å². The average Bonchev–Trinajstić information content (AvgIpc) is 2.47. The first-order valence-corrected chi connectivity index (χ1v) is 6.21. The summed E-state index contributed by atoms with van der Waals surface area (Å²) in [5, 5.41) is 0. The maximum Gasteiger partial charge on any atom is 0.144 e. The highest BCUT2D eigenvalue weighted by Gasteiger charge is 2.29. The summed E-state index contributed by atoms with van der Waals surface area (Å²) in [6.45, 7) is 4.08. The van der Waals surface area contributed by atoms with Gasteiger partial charge in [0.25, 0.3) is 0 Å². The number of hydrogen-bond donors (Lipinski definition) is 1. The van der Waals surface area contributed by atoms with Crippen LogP contribution in [0.15, 0.2) is 18.2 Å². The van der Waals surface area contributed by atoms with Crippen molar-refractivity contribution in [3.8, 4) is 5.75 Å². The van der Waals surface area contributed by atoms with Crippen molar-refractivity contribution in [1.29, 1.82) is 0 Å². The molecule has 1 fully saturated rings. The second-order valence-electron chi connectivity index (χ2n) is 4.97. The van der Waals surface area contributed by atoms with Crippen LogP contribution < -0.4 is 15.4 Å². The second kappa shape index (κ2) is 4.11. The molecular formula is C13H19N3O. The fourth-order valence-corrected chi connectivity index (χ4v) is 2.76. The highest BCUT2D eigenvalue weighted by molar-refractivity contribution is 5.65. The molecule has 1 saturated heterocycles. The second-order valence-corrected chi connectivity index (χ2v) is 4.97. The molecule has 0 aromatic heterocycles. The smallest absolute Gasteiger partial charge is 0.144 e. The van der Waals surface area contributed by atoms with Gasteiger partial charge in [0.2, 0.25) is 0 Å². The van der Waals surface area contributed by atoms with E-state index >= 15 is 0 Å². The number of hydrogen-bond acceptors (Lipinski definition) is 4. The van der Waals surface area contributed by atoms with Crippen molar-refractivity contribution in [2.75, 3.05) is 43.9 Å². The molecule has 92 valence electrons. The highest BCUT2D eigenvalue weighted by Crippen LogP contribution is 2.35. The molecule has 1 aromatic carbocycles. The monoisotopic (exact) mass is 233 g/mol. The van der Waals surface area contributed by atoms with Crippen molar-refractivity contribution in [3.05, 3.63) is 18.2 Å². The number of ether oxygens (including phenoxy) is 1. The standard InChI is InChI=1S/C13H19N3O/c1-15-5-6-16-11(9-15)4-7-17-13-8-10(14)2-3-12(13)16/h2-3,8,11H,4-7,9,14H2,1H3. The molecule has 0 bridgehead atoms. The lowest BCUT2D eigenvalue weighted by molar-refractivity contribution is 0.242. The van der Waals surface area contributed by atoms with Crippen LogP contribution in [0.4, 0.5) is 11.4 Å². The molecule has 2 aliphatic heterocycles. The maximum atomic E-state index is 5.82. The molecule has 0 radical (unpaired) electrons. The molecule has 2 N–H and O–H groups in total. The van der Waals surface area contributed by atoms with Crippen LogP contribution in [-0.4, -0.2) is 44.2 Å². The zero-order valence-corrected chi connectivity index (χ0v) is 10.2. The first kappa shape index (κ1) is 10.7. The van der Waals surface area contributed by atoms with Gasteiger partial charge in [-0.15, -0.1) is 0 Å². The summed E-state index contributed by atoms with van der Waals surface area (Å²) in [4.78, 5) is 4.87. The molecule has 1 aromatic rings. The van der Waals surface area contributed by atoms with Gasteiger partial charge in [0.15, 0.2) is 0 Å². The Morgan fingerprint density at radius 2 is 2.24 bits per heavy atom. The molecule has 0 saturated carbocycles. The SMILES string of the molecule is CN1CCN2c3ccc(N)cc3OCCC2C1. The predicted molar refractivity (Wildman–Crippen MR) is 69.6 cm³/mol. The molecule has 17 heavy (non-hydrogen) atoms. The van der Waals surface area contributed by atoms with Crippen LogP contribution in [-0.2, 0) is 0 Å². The molecule has 0 spiro atoms. The van der Waals surface area contributed by atoms with Gasteiger partial charge in [-0.3, -0.25) is 0 Å². The molecule has 1 atom stereocenters. The number of piperazine rings is 1. The van der Waals surface area contributed by atoms with E-state index in [-0.39, 0.29) is 0 Å². The zero-order chi connectivity index (χ0) is 11.8.